The Balaban J connectivity index is 2.01. The zero-order valence-corrected chi connectivity index (χ0v) is 15.2. The molecule has 1 aliphatic heterocycles. The van der Waals surface area contributed by atoms with Crippen molar-refractivity contribution in [1.82, 2.24) is 10.2 Å². The highest BCUT2D eigenvalue weighted by molar-refractivity contribution is 5.37. The quantitative estimate of drug-likeness (QED) is 0.839. The summed E-state index contributed by atoms with van der Waals surface area (Å²) in [5.74, 6) is 0.426. The molecule has 1 atom stereocenters. The van der Waals surface area contributed by atoms with Crippen LogP contribution in [0.4, 0.5) is 13.2 Å². The Kier molecular flexibility index (Phi) is 5.68. The van der Waals surface area contributed by atoms with Gasteiger partial charge in [0.05, 0.1) is 11.6 Å². The van der Waals surface area contributed by atoms with Crippen LogP contribution in [-0.2, 0) is 6.18 Å². The van der Waals surface area contributed by atoms with E-state index in [0.29, 0.717) is 11.5 Å². The van der Waals surface area contributed by atoms with Gasteiger partial charge in [-0.15, -0.1) is 0 Å². The third-order valence-electron chi connectivity index (χ3n) is 4.97. The van der Waals surface area contributed by atoms with Crippen LogP contribution in [0.15, 0.2) is 48.5 Å². The molecule has 5 heteroatoms. The molecule has 2 nitrogen and oxygen atoms in total. The fraction of sp³-hybridized carbons (Fsp3) is 0.429. The summed E-state index contributed by atoms with van der Waals surface area (Å²) in [6.45, 7) is 7.59. The summed E-state index contributed by atoms with van der Waals surface area (Å²) in [7, 11) is 0. The van der Waals surface area contributed by atoms with E-state index in [1.165, 1.54) is 17.7 Å². The molecule has 140 valence electrons. The van der Waals surface area contributed by atoms with Gasteiger partial charge in [-0.2, -0.15) is 13.2 Å². The van der Waals surface area contributed by atoms with Crippen molar-refractivity contribution < 1.29 is 13.2 Å². The Morgan fingerprint density at radius 2 is 1.50 bits per heavy atom. The minimum atomic E-state index is -4.33. The molecule has 1 saturated heterocycles. The average molecular weight is 362 g/mol. The van der Waals surface area contributed by atoms with E-state index in [1.54, 1.807) is 6.07 Å². The van der Waals surface area contributed by atoms with Gasteiger partial charge in [-0.25, -0.2) is 0 Å². The van der Waals surface area contributed by atoms with Gasteiger partial charge in [0, 0.05) is 26.2 Å². The summed E-state index contributed by atoms with van der Waals surface area (Å²) in [4.78, 5) is 2.26. The highest BCUT2D eigenvalue weighted by atomic mass is 19.4. The van der Waals surface area contributed by atoms with Crippen LogP contribution < -0.4 is 5.32 Å². The molecule has 0 aliphatic carbocycles. The first-order chi connectivity index (χ1) is 12.4. The Morgan fingerprint density at radius 1 is 0.885 bits per heavy atom. The highest BCUT2D eigenvalue weighted by Gasteiger charge is 2.32. The number of benzene rings is 2. The van der Waals surface area contributed by atoms with Crippen LogP contribution in [0, 0.1) is 0 Å². The van der Waals surface area contributed by atoms with Gasteiger partial charge in [0.25, 0.3) is 0 Å². The average Bonchev–Trinajstić information content (AvgIpc) is 2.63. The van der Waals surface area contributed by atoms with Crippen molar-refractivity contribution >= 4 is 0 Å². The highest BCUT2D eigenvalue weighted by Crippen LogP contribution is 2.35. The summed E-state index contributed by atoms with van der Waals surface area (Å²) < 4.78 is 39.6. The normalized spacial score (nSPS) is 17.5. The predicted octanol–water partition coefficient (Wildman–Crippen LogP) is 4.82. The Morgan fingerprint density at radius 3 is 2.08 bits per heavy atom. The largest absolute Gasteiger partial charge is 0.416 e. The van der Waals surface area contributed by atoms with Crippen molar-refractivity contribution in [3.05, 3.63) is 70.8 Å². The topological polar surface area (TPSA) is 15.3 Å². The van der Waals surface area contributed by atoms with E-state index < -0.39 is 11.7 Å². The zero-order valence-electron chi connectivity index (χ0n) is 15.2. The van der Waals surface area contributed by atoms with Crippen LogP contribution >= 0.6 is 0 Å². The van der Waals surface area contributed by atoms with Crippen LogP contribution in [0.25, 0.3) is 0 Å². The molecule has 1 heterocycles. The molecule has 1 fully saturated rings. The summed E-state index contributed by atoms with van der Waals surface area (Å²) >= 11 is 0. The van der Waals surface area contributed by atoms with E-state index in [2.05, 4.69) is 48.3 Å². The number of nitrogens with one attached hydrogen (secondary N) is 1. The van der Waals surface area contributed by atoms with E-state index in [0.717, 1.165) is 37.8 Å². The number of nitrogens with zero attached hydrogens (tertiary/aromatic N) is 1. The summed E-state index contributed by atoms with van der Waals surface area (Å²) in [6, 6.07) is 13.9. The van der Waals surface area contributed by atoms with Crippen LogP contribution in [0.2, 0.25) is 0 Å². The van der Waals surface area contributed by atoms with Crippen LogP contribution in [0.1, 0.15) is 48.1 Å². The molecule has 3 rings (SSSR count). The second-order valence-electron chi connectivity index (χ2n) is 7.13. The molecule has 2 aromatic rings. The number of piperazine rings is 1. The van der Waals surface area contributed by atoms with Crippen LogP contribution in [0.5, 0.6) is 0 Å². The number of alkyl halides is 3. The van der Waals surface area contributed by atoms with E-state index in [9.17, 15) is 13.2 Å². The Labute approximate surface area is 153 Å². The standard InChI is InChI=1S/C21H25F3N2/c1-15(2)16-6-8-17(9-7-16)20(26-12-10-25-11-13-26)18-4-3-5-19(14-18)21(22,23)24/h3-9,14-15,20,25H,10-13H2,1-2H3. The minimum Gasteiger partial charge on any atom is -0.314 e. The molecule has 2 aromatic carbocycles. The lowest BCUT2D eigenvalue weighted by molar-refractivity contribution is -0.137. The predicted molar refractivity (Wildman–Crippen MR) is 98.3 cm³/mol. The lowest BCUT2D eigenvalue weighted by atomic mass is 9.93. The molecule has 0 amide bonds. The lowest BCUT2D eigenvalue weighted by Gasteiger charge is -2.36. The molecule has 0 saturated carbocycles. The smallest absolute Gasteiger partial charge is 0.314 e. The van der Waals surface area contributed by atoms with Gasteiger partial charge in [0.2, 0.25) is 0 Å². The molecule has 0 spiro atoms. The summed E-state index contributed by atoms with van der Waals surface area (Å²) in [6.07, 6.45) is -4.33. The summed E-state index contributed by atoms with van der Waals surface area (Å²) in [5.41, 5.74) is 2.38. The fourth-order valence-electron chi connectivity index (χ4n) is 3.50. The molecule has 0 bridgehead atoms. The van der Waals surface area contributed by atoms with Crippen molar-refractivity contribution in [2.24, 2.45) is 0 Å². The first-order valence-corrected chi connectivity index (χ1v) is 9.08. The third kappa shape index (κ3) is 4.27. The lowest BCUT2D eigenvalue weighted by Crippen LogP contribution is -2.45. The van der Waals surface area contributed by atoms with Gasteiger partial charge >= 0.3 is 6.18 Å². The first kappa shape index (κ1) is 18.9. The van der Waals surface area contributed by atoms with Gasteiger partial charge < -0.3 is 5.32 Å². The molecule has 26 heavy (non-hydrogen) atoms. The van der Waals surface area contributed by atoms with E-state index in [1.807, 2.05) is 0 Å². The minimum absolute atomic E-state index is 0.166. The van der Waals surface area contributed by atoms with Gasteiger partial charge in [-0.05, 0) is 34.7 Å². The van der Waals surface area contributed by atoms with E-state index >= 15 is 0 Å². The van der Waals surface area contributed by atoms with E-state index in [4.69, 9.17) is 0 Å². The molecule has 0 aromatic heterocycles. The molecule has 1 N–H and O–H groups in total. The monoisotopic (exact) mass is 362 g/mol. The number of halogens is 3. The van der Waals surface area contributed by atoms with Crippen LogP contribution in [-0.4, -0.2) is 31.1 Å². The van der Waals surface area contributed by atoms with Crippen molar-refractivity contribution in [3.63, 3.8) is 0 Å². The van der Waals surface area contributed by atoms with Crippen LogP contribution in [0.3, 0.4) is 0 Å². The van der Waals surface area contributed by atoms with E-state index in [-0.39, 0.29) is 6.04 Å². The molecular weight excluding hydrogens is 337 g/mol. The maximum Gasteiger partial charge on any atom is 0.416 e. The first-order valence-electron chi connectivity index (χ1n) is 9.08. The third-order valence-corrected chi connectivity index (χ3v) is 4.97. The zero-order chi connectivity index (χ0) is 18.7. The number of hydrogen-bond donors (Lipinski definition) is 1. The Hall–Kier alpha value is -1.85. The van der Waals surface area contributed by atoms with Crippen molar-refractivity contribution in [3.8, 4) is 0 Å². The van der Waals surface area contributed by atoms with Gasteiger partial charge in [0.1, 0.15) is 0 Å². The maximum atomic E-state index is 13.2. The second kappa shape index (κ2) is 7.80. The molecular formula is C21H25F3N2. The maximum absolute atomic E-state index is 13.2. The number of rotatable bonds is 4. The second-order valence-corrected chi connectivity index (χ2v) is 7.13. The summed E-state index contributed by atoms with van der Waals surface area (Å²) in [5, 5.41) is 3.31. The fourth-order valence-corrected chi connectivity index (χ4v) is 3.50. The SMILES string of the molecule is CC(C)c1ccc(C(c2cccc(C(F)(F)F)c2)N2CCNCC2)cc1. The molecule has 1 unspecified atom stereocenters. The molecule has 0 radical (unpaired) electrons. The molecule has 1 aliphatic rings. The number of hydrogen-bond acceptors (Lipinski definition) is 2. The Bertz CT molecular complexity index is 717. The van der Waals surface area contributed by atoms with Crippen molar-refractivity contribution in [1.29, 1.82) is 0 Å². The van der Waals surface area contributed by atoms with Crippen molar-refractivity contribution in [2.45, 2.75) is 32.0 Å². The van der Waals surface area contributed by atoms with Crippen molar-refractivity contribution in [2.75, 3.05) is 26.2 Å². The van der Waals surface area contributed by atoms with Gasteiger partial charge in [-0.1, -0.05) is 50.2 Å². The van der Waals surface area contributed by atoms with Gasteiger partial charge in [0.15, 0.2) is 0 Å². The van der Waals surface area contributed by atoms with Gasteiger partial charge in [-0.3, -0.25) is 4.90 Å².